The first-order chi connectivity index (χ1) is 8.33. The highest BCUT2D eigenvalue weighted by atomic mass is 31.2. The molecule has 4 nitrogen and oxygen atoms in total. The lowest BCUT2D eigenvalue weighted by atomic mass is 10.3. The van der Waals surface area contributed by atoms with E-state index in [9.17, 15) is 18.9 Å². The molecule has 0 spiro atoms. The van der Waals surface area contributed by atoms with E-state index in [0.717, 1.165) is 38.5 Å². The van der Waals surface area contributed by atoms with E-state index in [1.807, 2.05) is 13.8 Å². The zero-order valence-electron chi connectivity index (χ0n) is 11.7. The van der Waals surface area contributed by atoms with Crippen LogP contribution in [0.3, 0.4) is 0 Å². The summed E-state index contributed by atoms with van der Waals surface area (Å²) in [6.07, 6.45) is 5.94. The molecule has 6 heteroatoms. The van der Waals surface area contributed by atoms with Crippen molar-refractivity contribution in [2.24, 2.45) is 0 Å². The van der Waals surface area contributed by atoms with E-state index in [1.54, 1.807) is 0 Å². The van der Waals surface area contributed by atoms with Gasteiger partial charge in [0.15, 0.2) is 0 Å². The van der Waals surface area contributed by atoms with Crippen LogP contribution in [0.15, 0.2) is 0 Å². The van der Waals surface area contributed by atoms with Crippen molar-refractivity contribution in [3.8, 4) is 0 Å². The number of hydrogen-bond donors (Lipinski definition) is 2. The Hall–Kier alpha value is 0.380. The Kier molecular flexibility index (Phi) is 9.51. The van der Waals surface area contributed by atoms with Crippen LogP contribution in [-0.2, 0) is 9.13 Å². The van der Waals surface area contributed by atoms with Crippen LogP contribution < -0.4 is 0 Å². The highest BCUT2D eigenvalue weighted by molar-refractivity contribution is 7.62. The molecule has 0 saturated carbocycles. The molecule has 0 rings (SSSR count). The normalized spacial score (nSPS) is 18.2. The summed E-state index contributed by atoms with van der Waals surface area (Å²) in [5, 5.41) is 0. The molecule has 0 aliphatic carbocycles. The molecule has 110 valence electrons. The van der Waals surface area contributed by atoms with Crippen LogP contribution in [0.2, 0.25) is 0 Å². The minimum absolute atomic E-state index is 0.00336. The Balaban J connectivity index is 3.97. The second-order valence-corrected chi connectivity index (χ2v) is 10.2. The van der Waals surface area contributed by atoms with Gasteiger partial charge in [0.2, 0.25) is 14.7 Å². The first-order valence-electron chi connectivity index (χ1n) is 6.94. The highest BCUT2D eigenvalue weighted by Crippen LogP contribution is 2.49. The van der Waals surface area contributed by atoms with Crippen molar-refractivity contribution in [3.63, 3.8) is 0 Å². The Bertz CT molecular complexity index is 274. The van der Waals surface area contributed by atoms with Crippen molar-refractivity contribution in [1.82, 2.24) is 0 Å². The molecular formula is C12H28O4P2. The molecule has 0 aromatic rings. The number of hydrogen-bond acceptors (Lipinski definition) is 2. The topological polar surface area (TPSA) is 74.6 Å². The van der Waals surface area contributed by atoms with E-state index in [-0.39, 0.29) is 24.6 Å². The van der Waals surface area contributed by atoms with Gasteiger partial charge >= 0.3 is 0 Å². The molecule has 0 heterocycles. The number of rotatable bonds is 11. The van der Waals surface area contributed by atoms with Gasteiger partial charge in [-0.3, -0.25) is 9.13 Å². The fourth-order valence-electron chi connectivity index (χ4n) is 1.75. The molecule has 0 radical (unpaired) electrons. The van der Waals surface area contributed by atoms with Crippen LogP contribution >= 0.6 is 14.7 Å². The van der Waals surface area contributed by atoms with Crippen LogP contribution in [0.25, 0.3) is 0 Å². The van der Waals surface area contributed by atoms with Gasteiger partial charge in [0, 0.05) is 24.6 Å². The smallest absolute Gasteiger partial charge is 0.201 e. The maximum Gasteiger partial charge on any atom is 0.201 e. The second kappa shape index (κ2) is 9.31. The van der Waals surface area contributed by atoms with Gasteiger partial charge < -0.3 is 9.79 Å². The summed E-state index contributed by atoms with van der Waals surface area (Å²) in [5.74, 6) is 0. The van der Waals surface area contributed by atoms with E-state index in [1.165, 1.54) is 0 Å². The van der Waals surface area contributed by atoms with Crippen LogP contribution in [0.4, 0.5) is 0 Å². The quantitative estimate of drug-likeness (QED) is 0.448. The molecule has 2 unspecified atom stereocenters. The van der Waals surface area contributed by atoms with Crippen molar-refractivity contribution in [1.29, 1.82) is 0 Å². The average molecular weight is 298 g/mol. The largest absolute Gasteiger partial charge is 0.344 e. The minimum atomic E-state index is -3.19. The third-order valence-corrected chi connectivity index (χ3v) is 7.25. The summed E-state index contributed by atoms with van der Waals surface area (Å²) < 4.78 is 23.6. The summed E-state index contributed by atoms with van der Waals surface area (Å²) in [6.45, 7) is 4.08. The zero-order chi connectivity index (χ0) is 14.1. The summed E-state index contributed by atoms with van der Waals surface area (Å²) in [4.78, 5) is 19.4. The van der Waals surface area contributed by atoms with Crippen molar-refractivity contribution in [2.45, 2.75) is 52.4 Å². The molecule has 0 bridgehead atoms. The third kappa shape index (κ3) is 10.3. The fourth-order valence-corrected chi connectivity index (χ4v) is 6.14. The maximum atomic E-state index is 11.8. The van der Waals surface area contributed by atoms with Crippen molar-refractivity contribution < 1.29 is 18.9 Å². The van der Waals surface area contributed by atoms with E-state index >= 15 is 0 Å². The Morgan fingerprint density at radius 2 is 1.00 bits per heavy atom. The summed E-state index contributed by atoms with van der Waals surface area (Å²) >= 11 is 0. The van der Waals surface area contributed by atoms with E-state index in [4.69, 9.17) is 0 Å². The van der Waals surface area contributed by atoms with Gasteiger partial charge in [-0.05, 0) is 12.8 Å². The molecule has 0 fully saturated rings. The predicted octanol–water partition coefficient (Wildman–Crippen LogP) is 3.91. The summed E-state index contributed by atoms with van der Waals surface area (Å²) in [6, 6.07) is 0. The molecular weight excluding hydrogens is 270 g/mol. The van der Waals surface area contributed by atoms with Gasteiger partial charge in [-0.15, -0.1) is 0 Å². The van der Waals surface area contributed by atoms with Gasteiger partial charge in [0.05, 0.1) is 0 Å². The van der Waals surface area contributed by atoms with Crippen LogP contribution in [0, 0.1) is 0 Å². The molecule has 0 aromatic carbocycles. The molecule has 18 heavy (non-hydrogen) atoms. The molecule has 0 aliphatic rings. The second-order valence-electron chi connectivity index (χ2n) is 5.00. The predicted molar refractivity (Wildman–Crippen MR) is 78.2 cm³/mol. The van der Waals surface area contributed by atoms with E-state index in [2.05, 4.69) is 0 Å². The lowest BCUT2D eigenvalue weighted by Gasteiger charge is -2.15. The maximum absolute atomic E-state index is 11.8. The molecule has 2 N–H and O–H groups in total. The van der Waals surface area contributed by atoms with Gasteiger partial charge in [-0.2, -0.15) is 0 Å². The Labute approximate surface area is 111 Å². The molecule has 0 amide bonds. The lowest BCUT2D eigenvalue weighted by molar-refractivity contribution is 0.464. The highest BCUT2D eigenvalue weighted by Gasteiger charge is 2.24. The van der Waals surface area contributed by atoms with E-state index < -0.39 is 14.7 Å². The fraction of sp³-hybridized carbons (Fsp3) is 1.00. The SMILES string of the molecule is CCCCCP(=O)(O)CCP(=O)(O)CCCCC. The van der Waals surface area contributed by atoms with Crippen molar-refractivity contribution in [2.75, 3.05) is 24.6 Å². The first kappa shape index (κ1) is 18.4. The molecule has 2 atom stereocenters. The first-order valence-corrected chi connectivity index (χ1v) is 11.0. The standard InChI is InChI=1S/C12H28O4P2/c1-3-5-7-9-17(13,14)11-12-18(15,16)10-8-6-4-2/h3-12H2,1-2H3,(H,13,14)(H,15,16). The van der Waals surface area contributed by atoms with Gasteiger partial charge in [0.1, 0.15) is 0 Å². The van der Waals surface area contributed by atoms with Crippen LogP contribution in [-0.4, -0.2) is 34.4 Å². The Morgan fingerprint density at radius 1 is 0.667 bits per heavy atom. The van der Waals surface area contributed by atoms with Crippen LogP contribution in [0.5, 0.6) is 0 Å². The molecule has 0 aliphatic heterocycles. The van der Waals surface area contributed by atoms with Crippen molar-refractivity contribution >= 4 is 14.7 Å². The molecule has 0 aromatic heterocycles. The van der Waals surface area contributed by atoms with E-state index in [0.29, 0.717) is 0 Å². The van der Waals surface area contributed by atoms with Crippen molar-refractivity contribution in [3.05, 3.63) is 0 Å². The van der Waals surface area contributed by atoms with Crippen LogP contribution in [0.1, 0.15) is 52.4 Å². The van der Waals surface area contributed by atoms with Gasteiger partial charge in [-0.1, -0.05) is 39.5 Å². The average Bonchev–Trinajstić information content (AvgIpc) is 2.27. The molecule has 0 saturated heterocycles. The minimum Gasteiger partial charge on any atom is -0.344 e. The number of unbranched alkanes of at least 4 members (excludes halogenated alkanes) is 4. The van der Waals surface area contributed by atoms with Gasteiger partial charge in [-0.25, -0.2) is 0 Å². The Morgan fingerprint density at radius 3 is 1.28 bits per heavy atom. The summed E-state index contributed by atoms with van der Waals surface area (Å²) in [5.41, 5.74) is 0. The third-order valence-electron chi connectivity index (χ3n) is 3.02. The summed E-state index contributed by atoms with van der Waals surface area (Å²) in [7, 11) is -6.38. The monoisotopic (exact) mass is 298 g/mol. The lowest BCUT2D eigenvalue weighted by Crippen LogP contribution is -2.03. The zero-order valence-corrected chi connectivity index (χ0v) is 13.5. The van der Waals surface area contributed by atoms with Gasteiger partial charge in [0.25, 0.3) is 0 Å².